The lowest BCUT2D eigenvalue weighted by Gasteiger charge is -2.12. The molecule has 0 aliphatic rings. The number of carbonyl (C=O) groups excluding carboxylic acids is 1. The summed E-state index contributed by atoms with van der Waals surface area (Å²) in [6.07, 6.45) is 6.71. The molecule has 3 aromatic carbocycles. The lowest BCUT2D eigenvalue weighted by atomic mass is 10.0. The number of anilines is 3. The Kier molecular flexibility index (Phi) is 6.10. The summed E-state index contributed by atoms with van der Waals surface area (Å²) in [6, 6.07) is 21.9. The molecule has 10 nitrogen and oxygen atoms in total. The number of amides is 1. The van der Waals surface area contributed by atoms with Gasteiger partial charge in [0.05, 0.1) is 23.8 Å². The van der Waals surface area contributed by atoms with Gasteiger partial charge in [0, 0.05) is 40.2 Å². The molecule has 0 saturated heterocycles. The zero-order valence-electron chi connectivity index (χ0n) is 20.4. The van der Waals surface area contributed by atoms with E-state index in [1.54, 1.807) is 6.07 Å². The highest BCUT2D eigenvalue weighted by atomic mass is 16.4. The van der Waals surface area contributed by atoms with Crippen LogP contribution in [-0.2, 0) is 16.1 Å². The molecule has 0 aliphatic carbocycles. The average Bonchev–Trinajstić information content (AvgIpc) is 3.35. The number of hydrogen-bond donors (Lipinski definition) is 3. The fourth-order valence-electron chi connectivity index (χ4n) is 4.44. The summed E-state index contributed by atoms with van der Waals surface area (Å²) >= 11 is 0. The first-order valence-corrected chi connectivity index (χ1v) is 12.1. The van der Waals surface area contributed by atoms with Crippen LogP contribution in [0.5, 0.6) is 0 Å². The highest BCUT2D eigenvalue weighted by Crippen LogP contribution is 2.34. The predicted octanol–water partition coefficient (Wildman–Crippen LogP) is 4.90. The van der Waals surface area contributed by atoms with Gasteiger partial charge in [-0.3, -0.25) is 9.48 Å². The van der Waals surface area contributed by atoms with Crippen molar-refractivity contribution in [2.45, 2.75) is 6.54 Å². The van der Waals surface area contributed by atoms with Crippen molar-refractivity contribution in [3.8, 4) is 0 Å². The van der Waals surface area contributed by atoms with E-state index in [-0.39, 0.29) is 5.82 Å². The lowest BCUT2D eigenvalue weighted by Crippen LogP contribution is -2.10. The third kappa shape index (κ3) is 4.98. The number of carboxylic acid groups (broad SMARTS) is 1. The zero-order chi connectivity index (χ0) is 26.8. The molecular weight excluding hydrogens is 494 g/mol. The van der Waals surface area contributed by atoms with Crippen molar-refractivity contribution >= 4 is 61.8 Å². The number of rotatable bonds is 7. The second-order valence-corrected chi connectivity index (χ2v) is 8.81. The molecule has 0 bridgehead atoms. The highest BCUT2D eigenvalue weighted by Gasteiger charge is 2.13. The Bertz CT molecular complexity index is 1900. The van der Waals surface area contributed by atoms with Crippen LogP contribution in [-0.4, -0.2) is 41.7 Å². The molecule has 0 atom stereocenters. The minimum atomic E-state index is -1.22. The zero-order valence-corrected chi connectivity index (χ0v) is 20.4. The third-order valence-corrected chi connectivity index (χ3v) is 6.17. The molecule has 10 heteroatoms. The van der Waals surface area contributed by atoms with Crippen LogP contribution >= 0.6 is 0 Å². The fourth-order valence-corrected chi connectivity index (χ4v) is 4.44. The monoisotopic (exact) mass is 515 g/mol. The molecule has 0 fully saturated rings. The first kappa shape index (κ1) is 23.7. The van der Waals surface area contributed by atoms with Crippen LogP contribution in [0.2, 0.25) is 0 Å². The molecule has 0 saturated carbocycles. The van der Waals surface area contributed by atoms with Gasteiger partial charge in [0.2, 0.25) is 5.91 Å². The Morgan fingerprint density at radius 2 is 1.64 bits per heavy atom. The number of aliphatic carboxylic acids is 1. The van der Waals surface area contributed by atoms with Crippen LogP contribution < -0.4 is 10.6 Å². The number of pyridine rings is 1. The highest BCUT2D eigenvalue weighted by molar-refractivity contribution is 6.13. The molecule has 6 rings (SSSR count). The fraction of sp³-hybridized carbons (Fsp3) is 0.0345. The summed E-state index contributed by atoms with van der Waals surface area (Å²) in [5.74, 6) is -1.07. The summed E-state index contributed by atoms with van der Waals surface area (Å²) < 4.78 is 1.94. The Morgan fingerprint density at radius 3 is 2.46 bits per heavy atom. The number of carboxylic acids is 1. The molecule has 6 aromatic rings. The number of carbonyl (C=O) groups is 2. The molecule has 1 amide bonds. The van der Waals surface area contributed by atoms with Crippen LogP contribution in [0.1, 0.15) is 5.56 Å². The minimum absolute atomic E-state index is 0.236. The van der Waals surface area contributed by atoms with Gasteiger partial charge in [-0.05, 0) is 23.1 Å². The quantitative estimate of drug-likeness (QED) is 0.256. The maximum atomic E-state index is 12.1. The van der Waals surface area contributed by atoms with E-state index in [1.165, 1.54) is 12.5 Å². The third-order valence-electron chi connectivity index (χ3n) is 6.17. The molecule has 190 valence electrons. The summed E-state index contributed by atoms with van der Waals surface area (Å²) in [6.45, 7) is 0.659. The van der Waals surface area contributed by atoms with Gasteiger partial charge in [0.15, 0.2) is 0 Å². The number of hydrogen-bond acceptors (Lipinski definition) is 7. The van der Waals surface area contributed by atoms with E-state index in [9.17, 15) is 9.59 Å². The van der Waals surface area contributed by atoms with E-state index in [4.69, 9.17) is 10.2 Å². The Labute approximate surface area is 221 Å². The van der Waals surface area contributed by atoms with E-state index < -0.39 is 11.9 Å². The smallest absolute Gasteiger partial charge is 0.328 e. The molecule has 3 heterocycles. The van der Waals surface area contributed by atoms with Crippen molar-refractivity contribution < 1.29 is 14.7 Å². The predicted molar refractivity (Wildman–Crippen MR) is 149 cm³/mol. The number of benzene rings is 3. The Morgan fingerprint density at radius 1 is 0.846 bits per heavy atom. The Hall–Kier alpha value is -5.64. The maximum Gasteiger partial charge on any atom is 0.328 e. The van der Waals surface area contributed by atoms with E-state index in [1.807, 2.05) is 47.1 Å². The van der Waals surface area contributed by atoms with Gasteiger partial charge >= 0.3 is 5.97 Å². The van der Waals surface area contributed by atoms with Crippen molar-refractivity contribution in [1.82, 2.24) is 24.7 Å². The summed E-state index contributed by atoms with van der Waals surface area (Å²) in [4.78, 5) is 35.7. The van der Waals surface area contributed by atoms with Gasteiger partial charge in [-0.2, -0.15) is 5.10 Å². The normalized spacial score (nSPS) is 11.4. The summed E-state index contributed by atoms with van der Waals surface area (Å²) in [5.41, 5.74) is 3.39. The van der Waals surface area contributed by atoms with Gasteiger partial charge in [-0.25, -0.2) is 19.7 Å². The van der Waals surface area contributed by atoms with Gasteiger partial charge in [-0.15, -0.1) is 0 Å². The number of nitrogens with zero attached hydrogens (tertiary/aromatic N) is 5. The SMILES string of the molecule is O=C(O)C=CC(=O)Nc1cc2c(Nc3cc4nn(Cc5ccccc5)cc4c4ccccc34)ncnc2cn1. The van der Waals surface area contributed by atoms with E-state index >= 15 is 0 Å². The largest absolute Gasteiger partial charge is 0.478 e. The lowest BCUT2D eigenvalue weighted by molar-refractivity contribution is -0.131. The topological polar surface area (TPSA) is 135 Å². The van der Waals surface area contributed by atoms with Crippen molar-refractivity contribution in [1.29, 1.82) is 0 Å². The van der Waals surface area contributed by atoms with E-state index in [0.29, 0.717) is 23.3 Å². The molecule has 3 aromatic heterocycles. The second-order valence-electron chi connectivity index (χ2n) is 8.81. The van der Waals surface area contributed by atoms with Crippen LogP contribution in [0.4, 0.5) is 17.3 Å². The van der Waals surface area contributed by atoms with Gasteiger partial charge in [-0.1, -0.05) is 54.6 Å². The maximum absolute atomic E-state index is 12.1. The standard InChI is InChI=1S/C29H21N7O3/c37-27(10-11-28(38)39)34-26-12-21-25(14-30-26)31-17-32-29(21)33-23-13-24-22(19-8-4-5-9-20(19)23)16-36(35-24)15-18-6-2-1-3-7-18/h1-14,16-17H,15H2,(H,38,39)(H,30,34,37)(H,31,32,33). The van der Waals surface area contributed by atoms with Crippen LogP contribution in [0.3, 0.4) is 0 Å². The molecule has 39 heavy (non-hydrogen) atoms. The van der Waals surface area contributed by atoms with Gasteiger partial charge in [0.25, 0.3) is 0 Å². The summed E-state index contributed by atoms with van der Waals surface area (Å²) in [5, 5.41) is 23.3. The van der Waals surface area contributed by atoms with E-state index in [0.717, 1.165) is 45.1 Å². The van der Waals surface area contributed by atoms with Gasteiger partial charge < -0.3 is 15.7 Å². The van der Waals surface area contributed by atoms with Crippen LogP contribution in [0, 0.1) is 0 Å². The van der Waals surface area contributed by atoms with E-state index in [2.05, 4.69) is 50.0 Å². The van der Waals surface area contributed by atoms with Gasteiger partial charge in [0.1, 0.15) is 18.0 Å². The molecule has 0 unspecified atom stereocenters. The average molecular weight is 516 g/mol. The molecular formula is C29H21N7O3. The van der Waals surface area contributed by atoms with Crippen molar-refractivity contribution in [2.75, 3.05) is 10.6 Å². The van der Waals surface area contributed by atoms with Crippen LogP contribution in [0.15, 0.2) is 97.6 Å². The first-order chi connectivity index (χ1) is 19.0. The summed E-state index contributed by atoms with van der Waals surface area (Å²) in [7, 11) is 0. The van der Waals surface area contributed by atoms with Crippen LogP contribution in [0.25, 0.3) is 32.6 Å². The molecule has 0 spiro atoms. The van der Waals surface area contributed by atoms with Crippen molar-refractivity contribution in [3.05, 3.63) is 103 Å². The number of fused-ring (bicyclic) bond motifs is 4. The molecule has 0 radical (unpaired) electrons. The Balaban J connectivity index is 1.38. The van der Waals surface area contributed by atoms with Crippen molar-refractivity contribution in [3.63, 3.8) is 0 Å². The molecule has 3 N–H and O–H groups in total. The second kappa shape index (κ2) is 10.0. The molecule has 0 aliphatic heterocycles. The number of nitrogens with one attached hydrogen (secondary N) is 2. The number of aromatic nitrogens is 5. The minimum Gasteiger partial charge on any atom is -0.478 e. The first-order valence-electron chi connectivity index (χ1n) is 12.1. The van der Waals surface area contributed by atoms with Crippen molar-refractivity contribution in [2.24, 2.45) is 0 Å².